The Morgan fingerprint density at radius 1 is 1.36 bits per heavy atom. The van der Waals surface area contributed by atoms with Gasteiger partial charge in [0.15, 0.2) is 0 Å². The molecule has 1 fully saturated rings. The lowest BCUT2D eigenvalue weighted by Crippen LogP contribution is -2.40. The van der Waals surface area contributed by atoms with Crippen LogP contribution in [0.25, 0.3) is 0 Å². The fraction of sp³-hybridized carbons (Fsp3) is 0.429. The van der Waals surface area contributed by atoms with Crippen LogP contribution in [0.5, 0.6) is 0 Å². The molecule has 22 heavy (non-hydrogen) atoms. The molecule has 1 heterocycles. The van der Waals surface area contributed by atoms with Crippen molar-refractivity contribution in [3.8, 4) is 0 Å². The Labute approximate surface area is 124 Å². The van der Waals surface area contributed by atoms with Crippen molar-refractivity contribution in [3.63, 3.8) is 0 Å². The second kappa shape index (κ2) is 6.33. The Bertz CT molecular complexity index is 574. The normalized spacial score (nSPS) is 18.6. The van der Waals surface area contributed by atoms with Crippen LogP contribution < -0.4 is 5.32 Å². The SMILES string of the molecule is O=C(Cc1cccc(F)c1)N[C@@H]1CC(=O)N(CC(F)(F)F)C1. The first-order valence-corrected chi connectivity index (χ1v) is 6.61. The highest BCUT2D eigenvalue weighted by Crippen LogP contribution is 2.20. The predicted molar refractivity (Wildman–Crippen MR) is 69.3 cm³/mol. The van der Waals surface area contributed by atoms with Gasteiger partial charge in [-0.25, -0.2) is 4.39 Å². The molecule has 1 aromatic rings. The van der Waals surface area contributed by atoms with E-state index in [1.165, 1.54) is 18.2 Å². The predicted octanol–water partition coefficient (Wildman–Crippen LogP) is 1.65. The minimum absolute atomic E-state index is 0.0955. The van der Waals surface area contributed by atoms with Gasteiger partial charge in [-0.05, 0) is 17.7 Å². The quantitative estimate of drug-likeness (QED) is 0.858. The van der Waals surface area contributed by atoms with Gasteiger partial charge in [0.05, 0.1) is 12.5 Å². The van der Waals surface area contributed by atoms with E-state index < -0.39 is 36.4 Å². The number of alkyl halides is 3. The number of nitrogens with zero attached hydrogens (tertiary/aromatic N) is 1. The van der Waals surface area contributed by atoms with Crippen molar-refractivity contribution in [3.05, 3.63) is 35.6 Å². The zero-order valence-electron chi connectivity index (χ0n) is 11.5. The molecule has 0 radical (unpaired) electrons. The number of amides is 2. The monoisotopic (exact) mass is 318 g/mol. The van der Waals surface area contributed by atoms with E-state index in [4.69, 9.17) is 0 Å². The number of likely N-dealkylation sites (tertiary alicyclic amines) is 1. The molecular formula is C14H14F4N2O2. The molecular weight excluding hydrogens is 304 g/mol. The highest BCUT2D eigenvalue weighted by atomic mass is 19.4. The fourth-order valence-electron chi connectivity index (χ4n) is 2.35. The molecule has 1 atom stereocenters. The minimum atomic E-state index is -4.46. The molecule has 4 nitrogen and oxygen atoms in total. The van der Waals surface area contributed by atoms with Crippen molar-refractivity contribution in [2.24, 2.45) is 0 Å². The van der Waals surface area contributed by atoms with Crippen LogP contribution in [0.15, 0.2) is 24.3 Å². The molecule has 0 aliphatic carbocycles. The summed E-state index contributed by atoms with van der Waals surface area (Å²) >= 11 is 0. The fourth-order valence-corrected chi connectivity index (χ4v) is 2.35. The summed E-state index contributed by atoms with van der Waals surface area (Å²) in [6, 6.07) is 4.82. The van der Waals surface area contributed by atoms with Crippen LogP contribution in [0.2, 0.25) is 0 Å². The molecule has 1 aliphatic rings. The van der Waals surface area contributed by atoms with Gasteiger partial charge >= 0.3 is 6.18 Å². The average Bonchev–Trinajstić information content (AvgIpc) is 2.66. The summed E-state index contributed by atoms with van der Waals surface area (Å²) < 4.78 is 49.8. The van der Waals surface area contributed by atoms with E-state index in [0.717, 1.165) is 0 Å². The molecule has 1 N–H and O–H groups in total. The summed E-state index contributed by atoms with van der Waals surface area (Å²) in [5.41, 5.74) is 0.453. The lowest BCUT2D eigenvalue weighted by molar-refractivity contribution is -0.157. The third kappa shape index (κ3) is 4.71. The van der Waals surface area contributed by atoms with Gasteiger partial charge in [0, 0.05) is 13.0 Å². The molecule has 0 bridgehead atoms. The smallest absolute Gasteiger partial charge is 0.351 e. The van der Waals surface area contributed by atoms with E-state index in [2.05, 4.69) is 5.32 Å². The zero-order valence-corrected chi connectivity index (χ0v) is 11.5. The topological polar surface area (TPSA) is 49.4 Å². The van der Waals surface area contributed by atoms with Gasteiger partial charge in [0.1, 0.15) is 12.4 Å². The Kier molecular flexibility index (Phi) is 4.68. The Hall–Kier alpha value is -2.12. The standard InChI is InChI=1S/C14H14F4N2O2/c15-10-3-1-2-9(4-10)5-12(21)19-11-6-13(22)20(7-11)8-14(16,17)18/h1-4,11H,5-8H2,(H,19,21)/t11-/m1/s1. The van der Waals surface area contributed by atoms with E-state index in [9.17, 15) is 27.2 Å². The Morgan fingerprint density at radius 3 is 2.73 bits per heavy atom. The van der Waals surface area contributed by atoms with Gasteiger partial charge in [0.25, 0.3) is 0 Å². The van der Waals surface area contributed by atoms with Crippen LogP contribution in [-0.4, -0.2) is 42.0 Å². The van der Waals surface area contributed by atoms with Crippen molar-refractivity contribution >= 4 is 11.8 Å². The van der Waals surface area contributed by atoms with E-state index >= 15 is 0 Å². The molecule has 1 aliphatic heterocycles. The van der Waals surface area contributed by atoms with Crippen molar-refractivity contribution in [1.29, 1.82) is 0 Å². The summed E-state index contributed by atoms with van der Waals surface area (Å²) in [6.45, 7) is -1.49. The number of carbonyl (C=O) groups excluding carboxylic acids is 2. The molecule has 8 heteroatoms. The highest BCUT2D eigenvalue weighted by molar-refractivity contribution is 5.83. The van der Waals surface area contributed by atoms with E-state index in [1.807, 2.05) is 0 Å². The highest BCUT2D eigenvalue weighted by Gasteiger charge is 2.38. The van der Waals surface area contributed by atoms with Crippen LogP contribution in [0.4, 0.5) is 17.6 Å². The Morgan fingerprint density at radius 2 is 2.09 bits per heavy atom. The molecule has 0 spiro atoms. The van der Waals surface area contributed by atoms with Gasteiger partial charge in [-0.2, -0.15) is 13.2 Å². The van der Waals surface area contributed by atoms with Crippen LogP contribution in [0, 0.1) is 5.82 Å². The van der Waals surface area contributed by atoms with E-state index in [-0.39, 0.29) is 19.4 Å². The number of benzene rings is 1. The summed E-state index contributed by atoms with van der Waals surface area (Å²) in [7, 11) is 0. The first kappa shape index (κ1) is 16.3. The number of rotatable bonds is 4. The molecule has 1 aromatic carbocycles. The van der Waals surface area contributed by atoms with E-state index in [0.29, 0.717) is 10.5 Å². The second-order valence-corrected chi connectivity index (χ2v) is 5.16. The van der Waals surface area contributed by atoms with Gasteiger partial charge in [-0.3, -0.25) is 9.59 Å². The lowest BCUT2D eigenvalue weighted by Gasteiger charge is -2.18. The number of carbonyl (C=O) groups is 2. The molecule has 1 saturated heterocycles. The maximum absolute atomic E-state index is 13.0. The summed E-state index contributed by atoms with van der Waals surface area (Å²) in [5.74, 6) is -1.58. The third-order valence-corrected chi connectivity index (χ3v) is 3.20. The van der Waals surface area contributed by atoms with Gasteiger partial charge in [-0.1, -0.05) is 12.1 Å². The lowest BCUT2D eigenvalue weighted by atomic mass is 10.1. The molecule has 2 rings (SSSR count). The number of hydrogen-bond acceptors (Lipinski definition) is 2. The summed E-state index contributed by atoms with van der Waals surface area (Å²) in [5, 5.41) is 2.50. The van der Waals surface area contributed by atoms with Crippen molar-refractivity contribution in [2.75, 3.05) is 13.1 Å². The second-order valence-electron chi connectivity index (χ2n) is 5.16. The molecule has 0 aromatic heterocycles. The summed E-state index contributed by atoms with van der Waals surface area (Å²) in [4.78, 5) is 23.9. The van der Waals surface area contributed by atoms with Crippen molar-refractivity contribution in [2.45, 2.75) is 25.1 Å². The molecule has 0 saturated carbocycles. The maximum Gasteiger partial charge on any atom is 0.406 e. The van der Waals surface area contributed by atoms with E-state index in [1.54, 1.807) is 6.07 Å². The molecule has 2 amide bonds. The minimum Gasteiger partial charge on any atom is -0.351 e. The first-order valence-electron chi connectivity index (χ1n) is 6.61. The van der Waals surface area contributed by atoms with Crippen molar-refractivity contribution < 1.29 is 27.2 Å². The van der Waals surface area contributed by atoms with Gasteiger partial charge in [-0.15, -0.1) is 0 Å². The molecule has 120 valence electrons. The van der Waals surface area contributed by atoms with Gasteiger partial charge < -0.3 is 10.2 Å². The Balaban J connectivity index is 1.86. The largest absolute Gasteiger partial charge is 0.406 e. The number of nitrogens with one attached hydrogen (secondary N) is 1. The van der Waals surface area contributed by atoms with Crippen LogP contribution in [0.1, 0.15) is 12.0 Å². The third-order valence-electron chi connectivity index (χ3n) is 3.20. The molecule has 0 unspecified atom stereocenters. The summed E-state index contributed by atoms with van der Waals surface area (Å²) in [6.07, 6.45) is -4.72. The van der Waals surface area contributed by atoms with Crippen LogP contribution in [0.3, 0.4) is 0 Å². The van der Waals surface area contributed by atoms with Gasteiger partial charge in [0.2, 0.25) is 11.8 Å². The zero-order chi connectivity index (χ0) is 16.3. The average molecular weight is 318 g/mol. The van der Waals surface area contributed by atoms with Crippen molar-refractivity contribution in [1.82, 2.24) is 10.2 Å². The maximum atomic E-state index is 13.0. The first-order chi connectivity index (χ1) is 10.2. The van der Waals surface area contributed by atoms with Crippen LogP contribution in [-0.2, 0) is 16.0 Å². The number of halogens is 4. The van der Waals surface area contributed by atoms with Crippen LogP contribution >= 0.6 is 0 Å². The number of hydrogen-bond donors (Lipinski definition) is 1.